The number of amides is 2. The van der Waals surface area contributed by atoms with Gasteiger partial charge in [0.1, 0.15) is 0 Å². The Morgan fingerprint density at radius 2 is 2.06 bits per heavy atom. The van der Waals surface area contributed by atoms with Gasteiger partial charge >= 0.3 is 0 Å². The molecule has 1 N–H and O–H groups in total. The first-order chi connectivity index (χ1) is 7.58. The number of H-pyrrole nitrogens is 1. The number of piperidine rings is 1. The van der Waals surface area contributed by atoms with Crippen molar-refractivity contribution in [1.82, 2.24) is 15.1 Å². The maximum Gasteiger partial charge on any atom is 0.229 e. The Morgan fingerprint density at radius 1 is 1.44 bits per heavy atom. The first-order valence-corrected chi connectivity index (χ1v) is 5.40. The Kier molecular flexibility index (Phi) is 2.77. The summed E-state index contributed by atoms with van der Waals surface area (Å²) in [6.07, 6.45) is 2.58. The Hall–Kier alpha value is -1.65. The average molecular weight is 221 g/mol. The molecule has 2 amide bonds. The van der Waals surface area contributed by atoms with Crippen LogP contribution in [-0.2, 0) is 16.1 Å². The van der Waals surface area contributed by atoms with Gasteiger partial charge in [-0.3, -0.25) is 19.6 Å². The normalized spacial score (nSPS) is 18.2. The van der Waals surface area contributed by atoms with Gasteiger partial charge in [-0.05, 0) is 12.8 Å². The van der Waals surface area contributed by atoms with Crippen molar-refractivity contribution in [2.45, 2.75) is 33.2 Å². The third kappa shape index (κ3) is 1.98. The Labute approximate surface area is 93.8 Å². The van der Waals surface area contributed by atoms with E-state index in [0.29, 0.717) is 19.4 Å². The van der Waals surface area contributed by atoms with Gasteiger partial charge in [-0.2, -0.15) is 5.10 Å². The van der Waals surface area contributed by atoms with Gasteiger partial charge in [0.2, 0.25) is 11.8 Å². The molecular weight excluding hydrogens is 206 g/mol. The summed E-state index contributed by atoms with van der Waals surface area (Å²) in [7, 11) is 0. The maximum atomic E-state index is 11.7. The van der Waals surface area contributed by atoms with Crippen LogP contribution in [0.2, 0.25) is 0 Å². The highest BCUT2D eigenvalue weighted by molar-refractivity contribution is 5.97. The Bertz CT molecular complexity index is 407. The molecule has 1 aromatic heterocycles. The number of rotatable bonds is 2. The summed E-state index contributed by atoms with van der Waals surface area (Å²) >= 11 is 0. The molecule has 1 fully saturated rings. The second-order valence-corrected chi connectivity index (χ2v) is 4.41. The van der Waals surface area contributed by atoms with Crippen LogP contribution in [0, 0.1) is 12.8 Å². The van der Waals surface area contributed by atoms with Gasteiger partial charge in [0.05, 0.1) is 12.7 Å². The predicted octanol–water partition coefficient (Wildman–Crippen LogP) is 1.00. The van der Waals surface area contributed by atoms with Gasteiger partial charge in [0.25, 0.3) is 0 Å². The number of nitrogens with one attached hydrogen (secondary N) is 1. The van der Waals surface area contributed by atoms with E-state index in [0.717, 1.165) is 11.3 Å². The van der Waals surface area contributed by atoms with Crippen LogP contribution in [0.3, 0.4) is 0 Å². The second kappa shape index (κ2) is 4.08. The van der Waals surface area contributed by atoms with E-state index in [-0.39, 0.29) is 17.7 Å². The lowest BCUT2D eigenvalue weighted by Gasteiger charge is -2.28. The maximum absolute atomic E-state index is 11.7. The minimum atomic E-state index is -0.0793. The fraction of sp³-hybridized carbons (Fsp3) is 0.545. The third-order valence-electron chi connectivity index (χ3n) is 2.91. The quantitative estimate of drug-likeness (QED) is 0.758. The van der Waals surface area contributed by atoms with Crippen molar-refractivity contribution >= 4 is 11.8 Å². The smallest absolute Gasteiger partial charge is 0.229 e. The fourth-order valence-electron chi connectivity index (χ4n) is 1.91. The van der Waals surface area contributed by atoms with Crippen molar-refractivity contribution < 1.29 is 9.59 Å². The van der Waals surface area contributed by atoms with Crippen molar-refractivity contribution in [3.8, 4) is 0 Å². The van der Waals surface area contributed by atoms with Crippen LogP contribution >= 0.6 is 0 Å². The van der Waals surface area contributed by atoms with E-state index in [1.807, 2.05) is 13.8 Å². The lowest BCUT2D eigenvalue weighted by molar-refractivity contribution is -0.150. The van der Waals surface area contributed by atoms with Crippen molar-refractivity contribution in [2.24, 2.45) is 5.92 Å². The van der Waals surface area contributed by atoms with Crippen molar-refractivity contribution in [1.29, 1.82) is 0 Å². The molecule has 1 aromatic rings. The second-order valence-electron chi connectivity index (χ2n) is 4.41. The highest BCUT2D eigenvalue weighted by atomic mass is 16.2. The monoisotopic (exact) mass is 221 g/mol. The molecule has 1 saturated heterocycles. The van der Waals surface area contributed by atoms with Gasteiger partial charge in [-0.1, -0.05) is 6.92 Å². The van der Waals surface area contributed by atoms with E-state index in [1.54, 1.807) is 6.20 Å². The summed E-state index contributed by atoms with van der Waals surface area (Å²) in [5, 5.41) is 6.68. The molecular formula is C11H15N3O2. The molecule has 86 valence electrons. The van der Waals surface area contributed by atoms with Crippen molar-refractivity contribution in [3.05, 3.63) is 17.5 Å². The molecule has 16 heavy (non-hydrogen) atoms. The molecule has 0 saturated carbocycles. The van der Waals surface area contributed by atoms with Gasteiger partial charge in [0, 0.05) is 24.1 Å². The van der Waals surface area contributed by atoms with E-state index in [9.17, 15) is 9.59 Å². The Morgan fingerprint density at radius 3 is 2.56 bits per heavy atom. The zero-order valence-electron chi connectivity index (χ0n) is 9.49. The molecule has 5 heteroatoms. The minimum absolute atomic E-state index is 0.0793. The molecule has 1 aliphatic heterocycles. The number of carbonyl (C=O) groups excluding carboxylic acids is 2. The summed E-state index contributed by atoms with van der Waals surface area (Å²) < 4.78 is 0. The van der Waals surface area contributed by atoms with E-state index in [2.05, 4.69) is 10.2 Å². The number of likely N-dealkylation sites (tertiary alicyclic amines) is 1. The molecule has 1 aliphatic rings. The Balaban J connectivity index is 2.12. The third-order valence-corrected chi connectivity index (χ3v) is 2.91. The largest absolute Gasteiger partial charge is 0.283 e. The molecule has 2 rings (SSSR count). The van der Waals surface area contributed by atoms with Crippen LogP contribution in [0.25, 0.3) is 0 Å². The van der Waals surface area contributed by atoms with E-state index in [4.69, 9.17) is 0 Å². The van der Waals surface area contributed by atoms with Crippen molar-refractivity contribution in [3.63, 3.8) is 0 Å². The van der Waals surface area contributed by atoms with Crippen LogP contribution in [0.15, 0.2) is 6.20 Å². The molecule has 0 unspecified atom stereocenters. The van der Waals surface area contributed by atoms with Gasteiger partial charge in [-0.15, -0.1) is 0 Å². The summed E-state index contributed by atoms with van der Waals surface area (Å²) in [6.45, 7) is 4.15. The van der Waals surface area contributed by atoms with Crippen LogP contribution in [0.5, 0.6) is 0 Å². The first-order valence-electron chi connectivity index (χ1n) is 5.40. The molecule has 0 aromatic carbocycles. The number of aryl methyl sites for hydroxylation is 1. The number of imide groups is 1. The topological polar surface area (TPSA) is 66.1 Å². The van der Waals surface area contributed by atoms with Crippen LogP contribution < -0.4 is 0 Å². The number of nitrogens with zero attached hydrogens (tertiary/aromatic N) is 2. The van der Waals surface area contributed by atoms with Crippen LogP contribution in [0.4, 0.5) is 0 Å². The highest BCUT2D eigenvalue weighted by Crippen LogP contribution is 2.21. The summed E-state index contributed by atoms with van der Waals surface area (Å²) in [6, 6.07) is 0. The summed E-state index contributed by atoms with van der Waals surface area (Å²) in [4.78, 5) is 24.8. The number of hydrogen-bond donors (Lipinski definition) is 1. The molecule has 0 spiro atoms. The lowest BCUT2D eigenvalue weighted by Crippen LogP contribution is -2.42. The molecule has 0 atom stereocenters. The van der Waals surface area contributed by atoms with Gasteiger partial charge in [-0.25, -0.2) is 0 Å². The molecule has 2 heterocycles. The molecule has 5 nitrogen and oxygen atoms in total. The standard InChI is InChI=1S/C11H15N3O2/c1-7-3-10(15)14(11(16)4-7)6-9-5-12-13-8(9)2/h5,7H,3-4,6H2,1-2H3,(H,12,13). The molecule has 0 aliphatic carbocycles. The van der Waals surface area contributed by atoms with Crippen LogP contribution in [-0.4, -0.2) is 26.9 Å². The number of aromatic amines is 1. The van der Waals surface area contributed by atoms with E-state index < -0.39 is 0 Å². The zero-order chi connectivity index (χ0) is 11.7. The van der Waals surface area contributed by atoms with Crippen LogP contribution in [0.1, 0.15) is 31.0 Å². The molecule has 0 radical (unpaired) electrons. The number of aromatic nitrogens is 2. The SMILES string of the molecule is Cc1[nH]ncc1CN1C(=O)CC(C)CC1=O. The average Bonchev–Trinajstić information content (AvgIpc) is 2.57. The fourth-order valence-corrected chi connectivity index (χ4v) is 1.91. The summed E-state index contributed by atoms with van der Waals surface area (Å²) in [5.74, 6) is 0.00963. The first kappa shape index (κ1) is 10.9. The summed E-state index contributed by atoms with van der Waals surface area (Å²) in [5.41, 5.74) is 1.80. The minimum Gasteiger partial charge on any atom is -0.283 e. The zero-order valence-corrected chi connectivity index (χ0v) is 9.49. The number of hydrogen-bond acceptors (Lipinski definition) is 3. The lowest BCUT2D eigenvalue weighted by atomic mass is 9.97. The predicted molar refractivity (Wildman–Crippen MR) is 57.3 cm³/mol. The highest BCUT2D eigenvalue weighted by Gasteiger charge is 2.30. The van der Waals surface area contributed by atoms with Crippen molar-refractivity contribution in [2.75, 3.05) is 0 Å². The van der Waals surface area contributed by atoms with Gasteiger partial charge < -0.3 is 0 Å². The van der Waals surface area contributed by atoms with Gasteiger partial charge in [0.15, 0.2) is 0 Å². The van der Waals surface area contributed by atoms with E-state index in [1.165, 1.54) is 4.90 Å². The number of carbonyl (C=O) groups is 2. The molecule has 0 bridgehead atoms. The van der Waals surface area contributed by atoms with E-state index >= 15 is 0 Å².